The van der Waals surface area contributed by atoms with Crippen molar-refractivity contribution in [1.29, 1.82) is 0 Å². The Labute approximate surface area is 85.2 Å². The van der Waals surface area contributed by atoms with Gasteiger partial charge in [0.15, 0.2) is 0 Å². The molecule has 66 valence electrons. The van der Waals surface area contributed by atoms with Crippen LogP contribution in [0.25, 0.3) is 11.1 Å². The topological polar surface area (TPSA) is 20.2 Å². The van der Waals surface area contributed by atoms with Gasteiger partial charge in [0, 0.05) is 10.6 Å². The Morgan fingerprint density at radius 3 is 2.77 bits per heavy atom. The average Bonchev–Trinajstić information content (AvgIpc) is 2.61. The third kappa shape index (κ3) is 1.69. The summed E-state index contributed by atoms with van der Waals surface area (Å²) in [4.78, 5) is 0. The summed E-state index contributed by atoms with van der Waals surface area (Å²) in [5.74, 6) is 0.266. The molecule has 0 unspecified atom stereocenters. The lowest BCUT2D eigenvalue weighted by molar-refractivity contribution is 0.477. The standard InChI is InChI=1S/C10H7ClOS/c11-8-1-2-10(12)9(5-8)7-3-4-13-6-7/h1-6,12H. The number of rotatable bonds is 1. The van der Waals surface area contributed by atoms with Crippen molar-refractivity contribution in [2.75, 3.05) is 0 Å². The zero-order chi connectivity index (χ0) is 9.26. The van der Waals surface area contributed by atoms with Crippen LogP contribution in [0.1, 0.15) is 0 Å². The SMILES string of the molecule is Oc1ccc(Cl)cc1-c1ccsc1. The summed E-state index contributed by atoms with van der Waals surface area (Å²) in [6, 6.07) is 7.00. The van der Waals surface area contributed by atoms with E-state index in [4.69, 9.17) is 11.6 Å². The predicted octanol–water partition coefficient (Wildman–Crippen LogP) is 3.77. The zero-order valence-corrected chi connectivity index (χ0v) is 8.27. The Bertz CT molecular complexity index is 409. The van der Waals surface area contributed by atoms with Gasteiger partial charge in [-0.1, -0.05) is 11.6 Å². The summed E-state index contributed by atoms with van der Waals surface area (Å²) < 4.78 is 0. The molecule has 1 N–H and O–H groups in total. The highest BCUT2D eigenvalue weighted by Gasteiger charge is 2.04. The maximum atomic E-state index is 9.55. The third-order valence-corrected chi connectivity index (χ3v) is 2.71. The molecule has 0 saturated carbocycles. The highest BCUT2D eigenvalue weighted by atomic mass is 35.5. The Balaban J connectivity index is 2.57. The van der Waals surface area contributed by atoms with E-state index in [0.29, 0.717) is 5.02 Å². The van der Waals surface area contributed by atoms with Crippen LogP contribution in [0.4, 0.5) is 0 Å². The monoisotopic (exact) mass is 210 g/mol. The van der Waals surface area contributed by atoms with Gasteiger partial charge in [0.25, 0.3) is 0 Å². The summed E-state index contributed by atoms with van der Waals surface area (Å²) in [6.07, 6.45) is 0. The van der Waals surface area contributed by atoms with Crippen molar-refractivity contribution in [3.8, 4) is 16.9 Å². The van der Waals surface area contributed by atoms with Crippen molar-refractivity contribution in [2.24, 2.45) is 0 Å². The number of hydrogen-bond donors (Lipinski definition) is 1. The number of benzene rings is 1. The van der Waals surface area contributed by atoms with Gasteiger partial charge in [0.2, 0.25) is 0 Å². The number of phenols is 1. The second kappa shape index (κ2) is 3.40. The molecule has 0 radical (unpaired) electrons. The molecular weight excluding hydrogens is 204 g/mol. The molecule has 0 amide bonds. The molecule has 0 bridgehead atoms. The van der Waals surface area contributed by atoms with Gasteiger partial charge in [0.1, 0.15) is 5.75 Å². The molecular formula is C10H7ClOS. The van der Waals surface area contributed by atoms with E-state index in [1.165, 1.54) is 0 Å². The lowest BCUT2D eigenvalue weighted by Gasteiger charge is -2.01. The molecule has 0 spiro atoms. The number of phenolic OH excluding ortho intramolecular Hbond substituents is 1. The lowest BCUT2D eigenvalue weighted by atomic mass is 10.1. The Kier molecular flexibility index (Phi) is 2.25. The molecule has 0 fully saturated rings. The second-order valence-corrected chi connectivity index (χ2v) is 3.89. The van der Waals surface area contributed by atoms with E-state index in [0.717, 1.165) is 11.1 Å². The molecule has 0 atom stereocenters. The summed E-state index contributed by atoms with van der Waals surface area (Å²) in [7, 11) is 0. The summed E-state index contributed by atoms with van der Waals surface area (Å²) in [5, 5.41) is 14.1. The minimum atomic E-state index is 0.266. The Morgan fingerprint density at radius 2 is 2.08 bits per heavy atom. The summed E-state index contributed by atoms with van der Waals surface area (Å²) in [5.41, 5.74) is 1.79. The number of aromatic hydroxyl groups is 1. The molecule has 0 aliphatic heterocycles. The van der Waals surface area contributed by atoms with Gasteiger partial charge in [-0.25, -0.2) is 0 Å². The highest BCUT2D eigenvalue weighted by Crippen LogP contribution is 2.32. The second-order valence-electron chi connectivity index (χ2n) is 2.67. The number of thiophene rings is 1. The molecule has 0 aliphatic carbocycles. The fraction of sp³-hybridized carbons (Fsp3) is 0. The van der Waals surface area contributed by atoms with Gasteiger partial charge in [-0.3, -0.25) is 0 Å². The van der Waals surface area contributed by atoms with E-state index in [1.807, 2.05) is 16.8 Å². The molecule has 1 heterocycles. The molecule has 2 aromatic rings. The average molecular weight is 211 g/mol. The van der Waals surface area contributed by atoms with Gasteiger partial charge in [0.05, 0.1) is 0 Å². The van der Waals surface area contributed by atoms with Crippen LogP contribution in [0.2, 0.25) is 5.02 Å². The predicted molar refractivity (Wildman–Crippen MR) is 56.4 cm³/mol. The van der Waals surface area contributed by atoms with Crippen LogP contribution in [0.5, 0.6) is 5.75 Å². The maximum Gasteiger partial charge on any atom is 0.123 e. The fourth-order valence-electron chi connectivity index (χ4n) is 1.16. The normalized spacial score (nSPS) is 10.2. The van der Waals surface area contributed by atoms with Crippen LogP contribution < -0.4 is 0 Å². The van der Waals surface area contributed by atoms with Gasteiger partial charge < -0.3 is 5.11 Å². The Morgan fingerprint density at radius 1 is 1.23 bits per heavy atom. The van der Waals surface area contributed by atoms with Gasteiger partial charge in [-0.2, -0.15) is 11.3 Å². The summed E-state index contributed by atoms with van der Waals surface area (Å²) in [6.45, 7) is 0. The molecule has 2 rings (SSSR count). The highest BCUT2D eigenvalue weighted by molar-refractivity contribution is 7.08. The lowest BCUT2D eigenvalue weighted by Crippen LogP contribution is -1.75. The van der Waals surface area contributed by atoms with E-state index < -0.39 is 0 Å². The third-order valence-electron chi connectivity index (χ3n) is 1.79. The van der Waals surface area contributed by atoms with Crippen LogP contribution in [0, 0.1) is 0 Å². The van der Waals surface area contributed by atoms with Crippen LogP contribution in [0.3, 0.4) is 0 Å². The van der Waals surface area contributed by atoms with Gasteiger partial charge in [-0.05, 0) is 40.6 Å². The number of hydrogen-bond acceptors (Lipinski definition) is 2. The molecule has 3 heteroatoms. The van der Waals surface area contributed by atoms with Crippen molar-refractivity contribution >= 4 is 22.9 Å². The molecule has 1 nitrogen and oxygen atoms in total. The van der Waals surface area contributed by atoms with Crippen molar-refractivity contribution in [1.82, 2.24) is 0 Å². The quantitative estimate of drug-likeness (QED) is 0.760. The van der Waals surface area contributed by atoms with Gasteiger partial charge in [-0.15, -0.1) is 0 Å². The van der Waals surface area contributed by atoms with E-state index in [-0.39, 0.29) is 5.75 Å². The summed E-state index contributed by atoms with van der Waals surface area (Å²) >= 11 is 7.42. The molecule has 0 saturated heterocycles. The van der Waals surface area contributed by atoms with Crippen LogP contribution in [-0.2, 0) is 0 Å². The van der Waals surface area contributed by atoms with E-state index in [9.17, 15) is 5.11 Å². The minimum Gasteiger partial charge on any atom is -0.507 e. The maximum absolute atomic E-state index is 9.55. The first-order chi connectivity index (χ1) is 6.27. The fourth-order valence-corrected chi connectivity index (χ4v) is 1.99. The zero-order valence-electron chi connectivity index (χ0n) is 6.70. The first-order valence-corrected chi connectivity index (χ1v) is 5.10. The first-order valence-electron chi connectivity index (χ1n) is 3.78. The van der Waals surface area contributed by atoms with Crippen LogP contribution in [0.15, 0.2) is 35.0 Å². The van der Waals surface area contributed by atoms with E-state index >= 15 is 0 Å². The molecule has 1 aromatic heterocycles. The minimum absolute atomic E-state index is 0.266. The molecule has 1 aromatic carbocycles. The number of halogens is 1. The van der Waals surface area contributed by atoms with E-state index in [1.54, 1.807) is 29.5 Å². The van der Waals surface area contributed by atoms with Crippen molar-refractivity contribution in [3.63, 3.8) is 0 Å². The Hall–Kier alpha value is -0.990. The largest absolute Gasteiger partial charge is 0.507 e. The van der Waals surface area contributed by atoms with Crippen LogP contribution in [-0.4, -0.2) is 5.11 Å². The van der Waals surface area contributed by atoms with Crippen molar-refractivity contribution in [3.05, 3.63) is 40.0 Å². The molecule has 13 heavy (non-hydrogen) atoms. The van der Waals surface area contributed by atoms with Gasteiger partial charge >= 0.3 is 0 Å². The molecule has 0 aliphatic rings. The van der Waals surface area contributed by atoms with E-state index in [2.05, 4.69) is 0 Å². The van der Waals surface area contributed by atoms with Crippen LogP contribution >= 0.6 is 22.9 Å². The smallest absolute Gasteiger partial charge is 0.123 e. The van der Waals surface area contributed by atoms with Crippen molar-refractivity contribution in [2.45, 2.75) is 0 Å². The first kappa shape index (κ1) is 8.60. The van der Waals surface area contributed by atoms with Crippen molar-refractivity contribution < 1.29 is 5.11 Å².